The van der Waals surface area contributed by atoms with Crippen molar-refractivity contribution in [3.63, 3.8) is 0 Å². The summed E-state index contributed by atoms with van der Waals surface area (Å²) in [6.45, 7) is 0. The van der Waals surface area contributed by atoms with Crippen LogP contribution in [0.15, 0.2) is 170 Å². The van der Waals surface area contributed by atoms with Crippen molar-refractivity contribution in [1.82, 2.24) is 19.5 Å². The molecule has 11 aromatic rings. The van der Waals surface area contributed by atoms with E-state index in [0.29, 0.717) is 17.6 Å². The summed E-state index contributed by atoms with van der Waals surface area (Å²) < 4.78 is 4.86. The van der Waals surface area contributed by atoms with Gasteiger partial charge < -0.3 is 0 Å². The first-order chi connectivity index (χ1) is 25.8. The van der Waals surface area contributed by atoms with E-state index in [0.717, 1.165) is 49.3 Å². The van der Waals surface area contributed by atoms with Gasteiger partial charge in [-0.3, -0.25) is 4.57 Å². The third-order valence-electron chi connectivity index (χ3n) is 10.2. The van der Waals surface area contributed by atoms with Gasteiger partial charge in [0.15, 0.2) is 11.6 Å². The van der Waals surface area contributed by atoms with E-state index in [2.05, 4.69) is 156 Å². The smallest absolute Gasteiger partial charge is 0.238 e. The first-order valence-corrected chi connectivity index (χ1v) is 18.3. The minimum absolute atomic E-state index is 0.587. The molecule has 0 spiro atoms. The fourth-order valence-corrected chi connectivity index (χ4v) is 9.07. The van der Waals surface area contributed by atoms with Crippen molar-refractivity contribution < 1.29 is 0 Å². The normalized spacial score (nSPS) is 11.8. The number of fused-ring (bicyclic) bond motifs is 9. The number of para-hydroxylation sites is 1. The summed E-state index contributed by atoms with van der Waals surface area (Å²) in [6.07, 6.45) is 0. The van der Waals surface area contributed by atoms with Crippen molar-refractivity contribution in [3.8, 4) is 39.9 Å². The summed E-state index contributed by atoms with van der Waals surface area (Å²) >= 11 is 1.85. The molecule has 5 heteroatoms. The molecule has 4 nitrogen and oxygen atoms in total. The Balaban J connectivity index is 1.29. The fraction of sp³-hybridized carbons (Fsp3) is 0. The van der Waals surface area contributed by atoms with Crippen LogP contribution >= 0.6 is 11.3 Å². The first-order valence-electron chi connectivity index (χ1n) is 17.5. The second-order valence-corrected chi connectivity index (χ2v) is 14.3. The molecule has 0 aliphatic rings. The standard InChI is InChI=1S/C47H28N4S/c1-2-14-31(15-3-1)45-48-46(33-25-24-29-12-4-5-16-32(29)28-33)50-47(49-45)51-42-34-17-7-6-13-30(34)26-27-38(42)36-19-10-20-37(43(36)51)40-22-11-21-39-35-18-8-9-23-41(35)52-44(39)40/h1-28H. The van der Waals surface area contributed by atoms with Crippen LogP contribution in [0.3, 0.4) is 0 Å². The van der Waals surface area contributed by atoms with Gasteiger partial charge >= 0.3 is 0 Å². The molecule has 0 amide bonds. The Morgan fingerprint density at radius 2 is 1.02 bits per heavy atom. The second-order valence-electron chi connectivity index (χ2n) is 13.2. The average molecular weight is 681 g/mol. The van der Waals surface area contributed by atoms with Gasteiger partial charge in [0.05, 0.1) is 11.0 Å². The number of aromatic nitrogens is 4. The van der Waals surface area contributed by atoms with Crippen LogP contribution in [-0.2, 0) is 0 Å². The maximum Gasteiger partial charge on any atom is 0.238 e. The lowest BCUT2D eigenvalue weighted by molar-refractivity contribution is 0.956. The average Bonchev–Trinajstić information content (AvgIpc) is 3.77. The highest BCUT2D eigenvalue weighted by Crippen LogP contribution is 2.45. The van der Waals surface area contributed by atoms with Crippen molar-refractivity contribution in [1.29, 1.82) is 0 Å². The molecule has 0 saturated heterocycles. The third-order valence-corrected chi connectivity index (χ3v) is 11.5. The largest absolute Gasteiger partial charge is 0.277 e. The lowest BCUT2D eigenvalue weighted by Crippen LogP contribution is -2.07. The minimum atomic E-state index is 0.587. The van der Waals surface area contributed by atoms with E-state index >= 15 is 0 Å². The van der Waals surface area contributed by atoms with Gasteiger partial charge in [0, 0.05) is 58.6 Å². The summed E-state index contributed by atoms with van der Waals surface area (Å²) in [5.74, 6) is 1.85. The van der Waals surface area contributed by atoms with Gasteiger partial charge in [-0.1, -0.05) is 158 Å². The van der Waals surface area contributed by atoms with E-state index in [9.17, 15) is 0 Å². The molecule has 0 fully saturated rings. The molecule has 0 aliphatic heterocycles. The van der Waals surface area contributed by atoms with Crippen molar-refractivity contribution in [2.45, 2.75) is 0 Å². The Morgan fingerprint density at radius 1 is 0.385 bits per heavy atom. The number of hydrogen-bond acceptors (Lipinski definition) is 4. The van der Waals surface area contributed by atoms with Crippen LogP contribution in [0.25, 0.3) is 103 Å². The quantitative estimate of drug-likeness (QED) is 0.186. The van der Waals surface area contributed by atoms with Crippen LogP contribution in [0.4, 0.5) is 0 Å². The molecule has 8 aromatic carbocycles. The molecular formula is C47H28N4S. The highest BCUT2D eigenvalue weighted by molar-refractivity contribution is 7.26. The van der Waals surface area contributed by atoms with E-state index in [1.807, 2.05) is 29.5 Å². The van der Waals surface area contributed by atoms with E-state index in [-0.39, 0.29) is 0 Å². The Bertz CT molecular complexity index is 3190. The van der Waals surface area contributed by atoms with E-state index < -0.39 is 0 Å². The van der Waals surface area contributed by atoms with Crippen molar-refractivity contribution in [2.24, 2.45) is 0 Å². The number of thiophene rings is 1. The molecule has 0 N–H and O–H groups in total. The monoisotopic (exact) mass is 680 g/mol. The van der Waals surface area contributed by atoms with Gasteiger partial charge in [-0.2, -0.15) is 9.97 Å². The Hall–Kier alpha value is -6.69. The van der Waals surface area contributed by atoms with Gasteiger partial charge in [-0.15, -0.1) is 11.3 Å². The fourth-order valence-electron chi connectivity index (χ4n) is 7.84. The van der Waals surface area contributed by atoms with Gasteiger partial charge in [0.1, 0.15) is 0 Å². The first kappa shape index (κ1) is 29.1. The molecule has 0 aliphatic carbocycles. The Labute approximate surface area is 302 Å². The number of rotatable bonds is 4. The highest BCUT2D eigenvalue weighted by atomic mass is 32.1. The molecule has 3 heterocycles. The van der Waals surface area contributed by atoms with Crippen molar-refractivity contribution in [3.05, 3.63) is 170 Å². The van der Waals surface area contributed by atoms with E-state index in [4.69, 9.17) is 15.0 Å². The molecule has 0 bridgehead atoms. The van der Waals surface area contributed by atoms with Crippen molar-refractivity contribution in [2.75, 3.05) is 0 Å². The molecular weight excluding hydrogens is 653 g/mol. The maximum absolute atomic E-state index is 5.36. The molecule has 11 rings (SSSR count). The lowest BCUT2D eigenvalue weighted by atomic mass is 9.99. The minimum Gasteiger partial charge on any atom is -0.277 e. The van der Waals surface area contributed by atoms with Crippen LogP contribution in [0, 0.1) is 0 Å². The molecule has 0 atom stereocenters. The highest BCUT2D eigenvalue weighted by Gasteiger charge is 2.23. The second kappa shape index (κ2) is 11.4. The van der Waals surface area contributed by atoms with Gasteiger partial charge in [0.25, 0.3) is 0 Å². The Kier molecular flexibility index (Phi) is 6.39. The zero-order valence-electron chi connectivity index (χ0n) is 27.9. The molecule has 0 radical (unpaired) electrons. The predicted molar refractivity (Wildman–Crippen MR) is 218 cm³/mol. The summed E-state index contributed by atoms with van der Waals surface area (Å²) in [6, 6.07) is 60.2. The molecule has 52 heavy (non-hydrogen) atoms. The molecule has 0 saturated carbocycles. The number of nitrogens with zero attached hydrogens (tertiary/aromatic N) is 4. The predicted octanol–water partition coefficient (Wildman–Crippen LogP) is 12.6. The maximum atomic E-state index is 5.36. The van der Waals surface area contributed by atoms with E-state index in [1.165, 1.54) is 36.5 Å². The molecule has 242 valence electrons. The lowest BCUT2D eigenvalue weighted by Gasteiger charge is -2.14. The van der Waals surface area contributed by atoms with Gasteiger partial charge in [-0.25, -0.2) is 4.98 Å². The summed E-state index contributed by atoms with van der Waals surface area (Å²) in [5.41, 5.74) is 6.38. The molecule has 3 aromatic heterocycles. The Morgan fingerprint density at radius 3 is 1.88 bits per heavy atom. The molecule has 0 unspecified atom stereocenters. The summed E-state index contributed by atoms with van der Waals surface area (Å²) in [5, 5.41) is 9.51. The summed E-state index contributed by atoms with van der Waals surface area (Å²) in [4.78, 5) is 15.8. The topological polar surface area (TPSA) is 43.6 Å². The summed E-state index contributed by atoms with van der Waals surface area (Å²) in [7, 11) is 0. The van der Waals surface area contributed by atoms with Crippen LogP contribution in [-0.4, -0.2) is 19.5 Å². The van der Waals surface area contributed by atoms with Crippen LogP contribution < -0.4 is 0 Å². The third kappa shape index (κ3) is 4.43. The van der Waals surface area contributed by atoms with E-state index in [1.54, 1.807) is 0 Å². The zero-order chi connectivity index (χ0) is 34.2. The van der Waals surface area contributed by atoms with Crippen LogP contribution in [0.1, 0.15) is 0 Å². The van der Waals surface area contributed by atoms with Crippen LogP contribution in [0.2, 0.25) is 0 Å². The van der Waals surface area contributed by atoms with Crippen LogP contribution in [0.5, 0.6) is 0 Å². The number of hydrogen-bond donors (Lipinski definition) is 0. The SMILES string of the molecule is c1ccc(-c2nc(-c3ccc4ccccc4c3)nc(-n3c4c(-c5cccc6c5sc5ccccc56)cccc4c4ccc5ccccc5c43)n2)cc1. The zero-order valence-corrected chi connectivity index (χ0v) is 28.7. The van der Waals surface area contributed by atoms with Gasteiger partial charge in [0.2, 0.25) is 5.95 Å². The van der Waals surface area contributed by atoms with Crippen molar-refractivity contribution >= 4 is 74.9 Å². The van der Waals surface area contributed by atoms with Gasteiger partial charge in [-0.05, 0) is 28.3 Å². The number of benzene rings is 8.